The molecule has 0 radical (unpaired) electrons. The quantitative estimate of drug-likeness (QED) is 0.923. The highest BCUT2D eigenvalue weighted by molar-refractivity contribution is 7.94. The molecule has 20 heavy (non-hydrogen) atoms. The lowest BCUT2D eigenvalue weighted by Gasteiger charge is -2.15. The highest BCUT2D eigenvalue weighted by atomic mass is 32.2. The second kappa shape index (κ2) is 5.59. The topological polar surface area (TPSA) is 42.8 Å². The van der Waals surface area contributed by atoms with Crippen LogP contribution < -0.4 is 4.90 Å². The van der Waals surface area contributed by atoms with Crippen LogP contribution in [-0.2, 0) is 0 Å². The molecule has 0 spiro atoms. The number of benzene rings is 1. The molecule has 5 heteroatoms. The van der Waals surface area contributed by atoms with Crippen LogP contribution in [0.15, 0.2) is 35.2 Å². The summed E-state index contributed by atoms with van der Waals surface area (Å²) in [5, 5.41) is 9.27. The van der Waals surface area contributed by atoms with Crippen molar-refractivity contribution in [3.63, 3.8) is 0 Å². The Labute approximate surface area is 121 Å². The van der Waals surface area contributed by atoms with Gasteiger partial charge in [-0.25, -0.2) is 0 Å². The molecule has 0 atom stereocenters. The van der Waals surface area contributed by atoms with E-state index in [0.29, 0.717) is 10.5 Å². The second-order valence-corrected chi connectivity index (χ2v) is 5.48. The molecule has 3 rings (SSSR count). The Kier molecular flexibility index (Phi) is 3.66. The van der Waals surface area contributed by atoms with Crippen molar-refractivity contribution in [3.05, 3.63) is 35.9 Å². The maximum atomic E-state index is 12.4. The van der Waals surface area contributed by atoms with Crippen LogP contribution in [0.25, 0.3) is 11.3 Å². The number of nitrogens with zero attached hydrogens (tertiary/aromatic N) is 2. The van der Waals surface area contributed by atoms with E-state index in [1.165, 1.54) is 12.8 Å². The first-order chi connectivity index (χ1) is 9.81. The van der Waals surface area contributed by atoms with Crippen LogP contribution >= 0.6 is 12.1 Å². The second-order valence-electron chi connectivity index (χ2n) is 4.85. The van der Waals surface area contributed by atoms with Crippen LogP contribution in [0, 0.1) is 11.3 Å². The van der Waals surface area contributed by atoms with Crippen molar-refractivity contribution in [2.75, 3.05) is 18.0 Å². The zero-order valence-corrected chi connectivity index (χ0v) is 11.7. The van der Waals surface area contributed by atoms with Gasteiger partial charge in [0.25, 0.3) is 0 Å². The molecule has 0 aliphatic carbocycles. The third-order valence-electron chi connectivity index (χ3n) is 3.59. The summed E-state index contributed by atoms with van der Waals surface area (Å²) in [6, 6.07) is 11.3. The molecule has 0 bridgehead atoms. The van der Waals surface area contributed by atoms with Gasteiger partial charge in [-0.05, 0) is 36.6 Å². The maximum Gasteiger partial charge on any atom is 0.124 e. The molecule has 0 saturated carbocycles. The van der Waals surface area contributed by atoms with Crippen LogP contribution in [0.2, 0.25) is 0 Å². The van der Waals surface area contributed by atoms with Crippen molar-refractivity contribution < 1.29 is 3.89 Å². The lowest BCUT2D eigenvalue weighted by atomic mass is 10.1. The minimum Gasteiger partial charge on any atom is -0.357 e. The van der Waals surface area contributed by atoms with Gasteiger partial charge in [-0.3, -0.25) is 0 Å². The number of hydrogen-bond acceptors (Lipinski definition) is 3. The number of hydrogen-bond donors (Lipinski definition) is 1. The summed E-state index contributed by atoms with van der Waals surface area (Å²) in [4.78, 5) is 6.13. The van der Waals surface area contributed by atoms with Crippen LogP contribution in [0.3, 0.4) is 0 Å². The van der Waals surface area contributed by atoms with Crippen molar-refractivity contribution >= 4 is 18.0 Å². The largest absolute Gasteiger partial charge is 0.357 e. The Morgan fingerprint density at radius 3 is 2.50 bits per heavy atom. The molecule has 1 aliphatic rings. The number of halogens is 1. The standard InChI is InChI=1S/C15H14FN3S/c16-20-13-5-3-11(4-6-13)14-9-12(10-17)15(18-14)19-7-1-2-8-19/h3-6,9,18H,1-2,7-8H2. The first-order valence-corrected chi connectivity index (χ1v) is 7.30. The van der Waals surface area contributed by atoms with E-state index >= 15 is 0 Å². The van der Waals surface area contributed by atoms with Gasteiger partial charge in [-0.1, -0.05) is 12.1 Å². The zero-order valence-electron chi connectivity index (χ0n) is 10.9. The average Bonchev–Trinajstić information content (AvgIpc) is 3.16. The van der Waals surface area contributed by atoms with E-state index in [1.54, 1.807) is 12.1 Å². The Balaban J connectivity index is 1.95. The van der Waals surface area contributed by atoms with Crippen LogP contribution in [-0.4, -0.2) is 18.1 Å². The van der Waals surface area contributed by atoms with Gasteiger partial charge in [0.1, 0.15) is 11.9 Å². The van der Waals surface area contributed by atoms with Gasteiger partial charge < -0.3 is 9.88 Å². The minimum absolute atomic E-state index is 0.235. The average molecular weight is 287 g/mol. The summed E-state index contributed by atoms with van der Waals surface area (Å²) in [6.07, 6.45) is 2.34. The zero-order chi connectivity index (χ0) is 13.9. The Morgan fingerprint density at radius 2 is 1.90 bits per heavy atom. The molecule has 1 N–H and O–H groups in total. The summed E-state index contributed by atoms with van der Waals surface area (Å²) in [6.45, 7) is 1.98. The molecule has 0 amide bonds. The molecule has 3 nitrogen and oxygen atoms in total. The number of nitrogens with one attached hydrogen (secondary N) is 1. The first kappa shape index (κ1) is 13.1. The lowest BCUT2D eigenvalue weighted by Crippen LogP contribution is -2.18. The molecule has 2 aromatic rings. The van der Waals surface area contributed by atoms with Crippen molar-refractivity contribution in [2.45, 2.75) is 17.7 Å². The van der Waals surface area contributed by atoms with Crippen LogP contribution in [0.4, 0.5) is 9.70 Å². The number of aromatic nitrogens is 1. The fourth-order valence-corrected chi connectivity index (χ4v) is 2.80. The van der Waals surface area contributed by atoms with Gasteiger partial charge in [0.15, 0.2) is 0 Å². The molecule has 1 saturated heterocycles. The first-order valence-electron chi connectivity index (χ1n) is 6.59. The summed E-state index contributed by atoms with van der Waals surface area (Å²) in [5.74, 6) is 0.906. The summed E-state index contributed by atoms with van der Waals surface area (Å²) in [7, 11) is 0. The van der Waals surface area contributed by atoms with Crippen molar-refractivity contribution in [1.82, 2.24) is 4.98 Å². The summed E-state index contributed by atoms with van der Waals surface area (Å²) < 4.78 is 12.4. The van der Waals surface area contributed by atoms with E-state index < -0.39 is 0 Å². The monoisotopic (exact) mass is 287 g/mol. The minimum atomic E-state index is 0.235. The fraction of sp³-hybridized carbons (Fsp3) is 0.267. The maximum absolute atomic E-state index is 12.4. The van der Waals surface area contributed by atoms with Gasteiger partial charge in [0.05, 0.1) is 17.7 Å². The van der Waals surface area contributed by atoms with E-state index in [4.69, 9.17) is 0 Å². The Hall–Kier alpha value is -1.93. The van der Waals surface area contributed by atoms with Gasteiger partial charge in [-0.2, -0.15) is 9.15 Å². The molecule has 1 aromatic heterocycles. The third-order valence-corrected chi connectivity index (χ3v) is 4.04. The molecule has 1 aromatic carbocycles. The number of anilines is 1. The Bertz CT molecular complexity index is 636. The molecule has 1 aliphatic heterocycles. The lowest BCUT2D eigenvalue weighted by molar-refractivity contribution is 0.934. The number of rotatable bonds is 3. The van der Waals surface area contributed by atoms with E-state index in [1.807, 2.05) is 18.2 Å². The molecule has 1 fully saturated rings. The van der Waals surface area contributed by atoms with Crippen LogP contribution in [0.1, 0.15) is 18.4 Å². The highest BCUT2D eigenvalue weighted by Gasteiger charge is 2.18. The summed E-state index contributed by atoms with van der Waals surface area (Å²) in [5.41, 5.74) is 2.54. The van der Waals surface area contributed by atoms with E-state index in [2.05, 4.69) is 16.0 Å². The van der Waals surface area contributed by atoms with Gasteiger partial charge in [-0.15, -0.1) is 0 Å². The third kappa shape index (κ3) is 2.39. The normalized spacial score (nSPS) is 14.5. The molecular formula is C15H14FN3S. The number of H-pyrrole nitrogens is 1. The van der Waals surface area contributed by atoms with Gasteiger partial charge >= 0.3 is 0 Å². The van der Waals surface area contributed by atoms with Crippen LogP contribution in [0.5, 0.6) is 0 Å². The molecule has 2 heterocycles. The van der Waals surface area contributed by atoms with Crippen molar-refractivity contribution in [2.24, 2.45) is 0 Å². The van der Waals surface area contributed by atoms with Gasteiger partial charge in [0, 0.05) is 23.7 Å². The molecule has 0 unspecified atom stereocenters. The number of aromatic amines is 1. The van der Waals surface area contributed by atoms with Crippen molar-refractivity contribution in [1.29, 1.82) is 5.26 Å². The number of nitriles is 1. The molecule has 102 valence electrons. The predicted octanol–water partition coefficient (Wildman–Crippen LogP) is 4.13. The SMILES string of the molecule is N#Cc1cc(-c2ccc(SF)cc2)[nH]c1N1CCCC1. The van der Waals surface area contributed by atoms with E-state index in [-0.39, 0.29) is 12.1 Å². The molecular weight excluding hydrogens is 273 g/mol. The van der Waals surface area contributed by atoms with E-state index in [0.717, 1.165) is 30.2 Å². The van der Waals surface area contributed by atoms with E-state index in [9.17, 15) is 9.15 Å². The fourth-order valence-electron chi connectivity index (χ4n) is 2.56. The Morgan fingerprint density at radius 1 is 1.20 bits per heavy atom. The summed E-state index contributed by atoms with van der Waals surface area (Å²) >= 11 is 0.235. The van der Waals surface area contributed by atoms with Crippen molar-refractivity contribution in [3.8, 4) is 17.3 Å². The smallest absolute Gasteiger partial charge is 0.124 e. The highest BCUT2D eigenvalue weighted by Crippen LogP contribution is 2.30. The predicted molar refractivity (Wildman–Crippen MR) is 79.4 cm³/mol. The van der Waals surface area contributed by atoms with Gasteiger partial charge in [0.2, 0.25) is 0 Å².